The molecule has 1 heterocycles. The SMILES string of the molecule is CCOc1cc2ccccc2c(OC(C)(C)C)n1. The highest BCUT2D eigenvalue weighted by Gasteiger charge is 2.16. The van der Waals surface area contributed by atoms with Crippen molar-refractivity contribution >= 4 is 10.8 Å². The minimum atomic E-state index is -0.277. The average molecular weight is 245 g/mol. The van der Waals surface area contributed by atoms with E-state index in [9.17, 15) is 0 Å². The summed E-state index contributed by atoms with van der Waals surface area (Å²) < 4.78 is 11.4. The molecule has 0 N–H and O–H groups in total. The summed E-state index contributed by atoms with van der Waals surface area (Å²) in [5.41, 5.74) is -0.277. The number of hydrogen-bond acceptors (Lipinski definition) is 3. The van der Waals surface area contributed by atoms with E-state index in [0.717, 1.165) is 10.8 Å². The Bertz CT molecular complexity index is 544. The van der Waals surface area contributed by atoms with E-state index < -0.39 is 0 Å². The van der Waals surface area contributed by atoms with Crippen LogP contribution in [0.25, 0.3) is 10.8 Å². The van der Waals surface area contributed by atoms with Crippen molar-refractivity contribution in [2.45, 2.75) is 33.3 Å². The van der Waals surface area contributed by atoms with Gasteiger partial charge in [0.25, 0.3) is 0 Å². The summed E-state index contributed by atoms with van der Waals surface area (Å²) in [6, 6.07) is 9.97. The molecule has 1 aromatic carbocycles. The van der Waals surface area contributed by atoms with Crippen LogP contribution in [0.15, 0.2) is 30.3 Å². The van der Waals surface area contributed by atoms with E-state index in [-0.39, 0.29) is 5.60 Å². The molecule has 2 aromatic rings. The molecule has 0 aliphatic rings. The van der Waals surface area contributed by atoms with Crippen LogP contribution in [0.3, 0.4) is 0 Å². The molecule has 2 rings (SSSR count). The van der Waals surface area contributed by atoms with Gasteiger partial charge in [0.05, 0.1) is 6.61 Å². The fourth-order valence-corrected chi connectivity index (χ4v) is 1.73. The number of ether oxygens (including phenoxy) is 2. The molecule has 0 spiro atoms. The maximum atomic E-state index is 5.91. The summed E-state index contributed by atoms with van der Waals surface area (Å²) in [6.07, 6.45) is 0. The molecule has 0 aliphatic carbocycles. The first kappa shape index (κ1) is 12.7. The fraction of sp³-hybridized carbons (Fsp3) is 0.400. The van der Waals surface area contributed by atoms with Crippen LogP contribution in [0.4, 0.5) is 0 Å². The zero-order chi connectivity index (χ0) is 13.2. The Hall–Kier alpha value is -1.77. The molecule has 1 aromatic heterocycles. The highest BCUT2D eigenvalue weighted by atomic mass is 16.5. The molecular formula is C15H19NO2. The summed E-state index contributed by atoms with van der Waals surface area (Å²) in [4.78, 5) is 4.43. The van der Waals surface area contributed by atoms with Crippen molar-refractivity contribution in [1.29, 1.82) is 0 Å². The van der Waals surface area contributed by atoms with E-state index in [1.54, 1.807) is 0 Å². The normalized spacial score (nSPS) is 11.6. The lowest BCUT2D eigenvalue weighted by atomic mass is 10.1. The first-order chi connectivity index (χ1) is 8.49. The van der Waals surface area contributed by atoms with Crippen LogP contribution < -0.4 is 9.47 Å². The first-order valence-corrected chi connectivity index (χ1v) is 6.21. The second-order valence-electron chi connectivity index (χ2n) is 5.13. The Kier molecular flexibility index (Phi) is 3.41. The number of rotatable bonds is 3. The lowest BCUT2D eigenvalue weighted by Crippen LogP contribution is -2.23. The van der Waals surface area contributed by atoms with Gasteiger partial charge in [-0.05, 0) is 39.1 Å². The summed E-state index contributed by atoms with van der Waals surface area (Å²) in [5.74, 6) is 1.24. The molecule has 0 amide bonds. The van der Waals surface area contributed by atoms with Crippen LogP contribution in [0.1, 0.15) is 27.7 Å². The summed E-state index contributed by atoms with van der Waals surface area (Å²) >= 11 is 0. The Balaban J connectivity index is 2.53. The molecule has 18 heavy (non-hydrogen) atoms. The van der Waals surface area contributed by atoms with E-state index in [1.165, 1.54) is 0 Å². The van der Waals surface area contributed by atoms with Crippen LogP contribution in [-0.4, -0.2) is 17.2 Å². The van der Waals surface area contributed by atoms with Crippen LogP contribution in [0, 0.1) is 0 Å². The van der Waals surface area contributed by atoms with Gasteiger partial charge in [0.2, 0.25) is 11.8 Å². The van der Waals surface area contributed by atoms with E-state index >= 15 is 0 Å². The highest BCUT2D eigenvalue weighted by molar-refractivity contribution is 5.87. The van der Waals surface area contributed by atoms with Gasteiger partial charge in [0.1, 0.15) is 5.60 Å². The topological polar surface area (TPSA) is 31.4 Å². The number of pyridine rings is 1. The first-order valence-electron chi connectivity index (χ1n) is 6.21. The minimum absolute atomic E-state index is 0.277. The third kappa shape index (κ3) is 2.92. The zero-order valence-corrected chi connectivity index (χ0v) is 11.4. The number of nitrogens with zero attached hydrogens (tertiary/aromatic N) is 1. The van der Waals surface area contributed by atoms with Gasteiger partial charge in [-0.1, -0.05) is 18.2 Å². The van der Waals surface area contributed by atoms with Gasteiger partial charge in [-0.2, -0.15) is 4.98 Å². The van der Waals surface area contributed by atoms with E-state index in [4.69, 9.17) is 9.47 Å². The number of fused-ring (bicyclic) bond motifs is 1. The standard InChI is InChI=1S/C15H19NO2/c1-5-17-13-10-11-8-6-7-9-12(11)14(16-13)18-15(2,3)4/h6-10H,5H2,1-4H3. The van der Waals surface area contributed by atoms with Crippen molar-refractivity contribution in [2.24, 2.45) is 0 Å². The van der Waals surface area contributed by atoms with Gasteiger partial charge in [0.15, 0.2) is 0 Å². The molecule has 0 radical (unpaired) electrons. The third-order valence-corrected chi connectivity index (χ3v) is 2.38. The Morgan fingerprint density at radius 1 is 1.17 bits per heavy atom. The highest BCUT2D eigenvalue weighted by Crippen LogP contribution is 2.29. The number of benzene rings is 1. The van der Waals surface area contributed by atoms with Crippen molar-refractivity contribution in [3.05, 3.63) is 30.3 Å². The van der Waals surface area contributed by atoms with Crippen LogP contribution in [-0.2, 0) is 0 Å². The van der Waals surface area contributed by atoms with Crippen molar-refractivity contribution in [3.63, 3.8) is 0 Å². The molecule has 0 aliphatic heterocycles. The van der Waals surface area contributed by atoms with Gasteiger partial charge in [-0.25, -0.2) is 0 Å². The second-order valence-corrected chi connectivity index (χ2v) is 5.13. The quantitative estimate of drug-likeness (QED) is 0.824. The molecule has 0 atom stereocenters. The largest absolute Gasteiger partial charge is 0.478 e. The van der Waals surface area contributed by atoms with Crippen molar-refractivity contribution in [3.8, 4) is 11.8 Å². The van der Waals surface area contributed by atoms with Gasteiger partial charge < -0.3 is 9.47 Å². The van der Waals surface area contributed by atoms with Crippen LogP contribution in [0.5, 0.6) is 11.8 Å². The molecule has 3 heteroatoms. The maximum Gasteiger partial charge on any atom is 0.225 e. The number of hydrogen-bond donors (Lipinski definition) is 0. The smallest absolute Gasteiger partial charge is 0.225 e. The fourth-order valence-electron chi connectivity index (χ4n) is 1.73. The lowest BCUT2D eigenvalue weighted by molar-refractivity contribution is 0.125. The van der Waals surface area contributed by atoms with Gasteiger partial charge >= 0.3 is 0 Å². The van der Waals surface area contributed by atoms with Crippen molar-refractivity contribution in [1.82, 2.24) is 4.98 Å². The second kappa shape index (κ2) is 4.84. The Morgan fingerprint density at radius 3 is 2.56 bits per heavy atom. The molecule has 3 nitrogen and oxygen atoms in total. The Labute approximate surface area is 108 Å². The molecule has 0 fully saturated rings. The van der Waals surface area contributed by atoms with Crippen molar-refractivity contribution in [2.75, 3.05) is 6.61 Å². The zero-order valence-electron chi connectivity index (χ0n) is 11.4. The average Bonchev–Trinajstić information content (AvgIpc) is 2.27. The molecule has 0 bridgehead atoms. The van der Waals surface area contributed by atoms with Crippen LogP contribution in [0.2, 0.25) is 0 Å². The van der Waals surface area contributed by atoms with Gasteiger partial charge in [-0.15, -0.1) is 0 Å². The van der Waals surface area contributed by atoms with Gasteiger partial charge in [-0.3, -0.25) is 0 Å². The van der Waals surface area contributed by atoms with E-state index in [0.29, 0.717) is 18.4 Å². The van der Waals surface area contributed by atoms with Gasteiger partial charge in [0, 0.05) is 11.5 Å². The summed E-state index contributed by atoms with van der Waals surface area (Å²) in [5, 5.41) is 2.09. The van der Waals surface area contributed by atoms with Crippen LogP contribution >= 0.6 is 0 Å². The van der Waals surface area contributed by atoms with E-state index in [1.807, 2.05) is 58.0 Å². The molecular weight excluding hydrogens is 226 g/mol. The Morgan fingerprint density at radius 2 is 1.89 bits per heavy atom. The maximum absolute atomic E-state index is 5.91. The lowest BCUT2D eigenvalue weighted by Gasteiger charge is -2.21. The molecule has 0 saturated heterocycles. The molecule has 0 unspecified atom stereocenters. The predicted octanol–water partition coefficient (Wildman–Crippen LogP) is 3.81. The summed E-state index contributed by atoms with van der Waals surface area (Å²) in [6.45, 7) is 8.58. The monoisotopic (exact) mass is 245 g/mol. The number of aromatic nitrogens is 1. The van der Waals surface area contributed by atoms with Crippen molar-refractivity contribution < 1.29 is 9.47 Å². The summed E-state index contributed by atoms with van der Waals surface area (Å²) in [7, 11) is 0. The third-order valence-electron chi connectivity index (χ3n) is 2.38. The van der Waals surface area contributed by atoms with E-state index in [2.05, 4.69) is 4.98 Å². The molecule has 96 valence electrons. The predicted molar refractivity (Wildman–Crippen MR) is 73.3 cm³/mol. The molecule has 0 saturated carbocycles. The minimum Gasteiger partial charge on any atom is -0.478 e.